The number of rotatable bonds is 2. The molecule has 1 heterocycles. The molecule has 0 saturated heterocycles. The van der Waals surface area contributed by atoms with Crippen LogP contribution >= 0.6 is 0 Å². The fourth-order valence-electron chi connectivity index (χ4n) is 1.39. The summed E-state index contributed by atoms with van der Waals surface area (Å²) in [4.78, 5) is 18.8. The fourth-order valence-corrected chi connectivity index (χ4v) is 1.39. The second-order valence-electron chi connectivity index (χ2n) is 2.86. The van der Waals surface area contributed by atoms with E-state index in [4.69, 9.17) is 5.90 Å². The minimum absolute atomic E-state index is 0.0635. The Kier molecular flexibility index (Phi) is 2.18. The molecule has 0 unspecified atom stereocenters. The summed E-state index contributed by atoms with van der Waals surface area (Å²) >= 11 is 0. The number of non-ortho nitro benzene ring substituents is 1. The summed E-state index contributed by atoms with van der Waals surface area (Å²) in [7, 11) is 0. The number of benzene rings is 1. The number of fused-ring (bicyclic) bond motifs is 1. The minimum atomic E-state index is -0.490. The first-order chi connectivity index (χ1) is 7.24. The molecule has 0 aliphatic carbocycles. The number of para-hydroxylation sites is 1. The molecule has 1 aromatic carbocycles. The second kappa shape index (κ2) is 3.50. The third-order valence-corrected chi connectivity index (χ3v) is 2.03. The Balaban J connectivity index is 2.82. The van der Waals surface area contributed by atoms with Crippen molar-refractivity contribution in [2.45, 2.75) is 0 Å². The highest BCUT2D eigenvalue weighted by atomic mass is 16.6. The minimum Gasteiger partial charge on any atom is -0.411 e. The van der Waals surface area contributed by atoms with Gasteiger partial charge in [0.15, 0.2) is 11.3 Å². The Morgan fingerprint density at radius 2 is 2.20 bits per heavy atom. The smallest absolute Gasteiger partial charge is 0.295 e. The molecular weight excluding hydrogens is 198 g/mol. The van der Waals surface area contributed by atoms with Crippen molar-refractivity contribution in [3.8, 4) is 5.75 Å². The molecule has 15 heavy (non-hydrogen) atoms. The van der Waals surface area contributed by atoms with E-state index in [-0.39, 0.29) is 11.2 Å². The van der Waals surface area contributed by atoms with Crippen LogP contribution in [0.4, 0.5) is 5.69 Å². The highest BCUT2D eigenvalue weighted by Gasteiger charge is 2.14. The molecule has 6 nitrogen and oxygen atoms in total. The van der Waals surface area contributed by atoms with Crippen LogP contribution in [0, 0.1) is 10.1 Å². The zero-order chi connectivity index (χ0) is 10.8. The van der Waals surface area contributed by atoms with E-state index in [0.29, 0.717) is 11.1 Å². The Morgan fingerprint density at radius 1 is 1.40 bits per heavy atom. The molecule has 0 fully saturated rings. The lowest BCUT2D eigenvalue weighted by molar-refractivity contribution is -0.383. The third-order valence-electron chi connectivity index (χ3n) is 2.03. The predicted molar refractivity (Wildman–Crippen MR) is 53.2 cm³/mol. The van der Waals surface area contributed by atoms with E-state index in [2.05, 4.69) is 9.82 Å². The molecule has 2 rings (SSSR count). The predicted octanol–water partition coefficient (Wildman–Crippen LogP) is 1.40. The lowest BCUT2D eigenvalue weighted by Crippen LogP contribution is -2.03. The van der Waals surface area contributed by atoms with E-state index in [1.165, 1.54) is 12.3 Å². The van der Waals surface area contributed by atoms with E-state index in [1.54, 1.807) is 18.2 Å². The molecule has 0 spiro atoms. The molecule has 2 aromatic rings. The van der Waals surface area contributed by atoms with Crippen molar-refractivity contribution < 1.29 is 9.76 Å². The Hall–Kier alpha value is -2.21. The molecule has 2 N–H and O–H groups in total. The maximum atomic E-state index is 10.7. The number of nitrogens with zero attached hydrogens (tertiary/aromatic N) is 2. The van der Waals surface area contributed by atoms with Gasteiger partial charge in [-0.3, -0.25) is 10.1 Å². The van der Waals surface area contributed by atoms with Gasteiger partial charge in [0.2, 0.25) is 0 Å². The van der Waals surface area contributed by atoms with Crippen molar-refractivity contribution >= 4 is 16.6 Å². The van der Waals surface area contributed by atoms with E-state index in [9.17, 15) is 10.1 Å². The largest absolute Gasteiger partial charge is 0.411 e. The van der Waals surface area contributed by atoms with Gasteiger partial charge in [-0.05, 0) is 6.07 Å². The number of nitro groups is 1. The molecule has 0 saturated carbocycles. The average Bonchev–Trinajstić information content (AvgIpc) is 2.27. The Bertz CT molecular complexity index is 527. The van der Waals surface area contributed by atoms with Crippen LogP contribution in [0.15, 0.2) is 30.5 Å². The van der Waals surface area contributed by atoms with Gasteiger partial charge < -0.3 is 4.84 Å². The van der Waals surface area contributed by atoms with Crippen LogP contribution in [0.1, 0.15) is 0 Å². The Morgan fingerprint density at radius 3 is 2.87 bits per heavy atom. The zero-order valence-electron chi connectivity index (χ0n) is 7.58. The van der Waals surface area contributed by atoms with Crippen LogP contribution in [0.25, 0.3) is 10.9 Å². The van der Waals surface area contributed by atoms with Gasteiger partial charge in [0, 0.05) is 18.3 Å². The molecule has 0 aliphatic rings. The van der Waals surface area contributed by atoms with E-state index >= 15 is 0 Å². The van der Waals surface area contributed by atoms with Gasteiger partial charge >= 0.3 is 0 Å². The van der Waals surface area contributed by atoms with Crippen molar-refractivity contribution in [1.82, 2.24) is 4.98 Å². The number of pyridine rings is 1. The summed E-state index contributed by atoms with van der Waals surface area (Å²) in [5.41, 5.74) is 0.205. The van der Waals surface area contributed by atoms with Gasteiger partial charge in [-0.25, -0.2) is 4.98 Å². The van der Waals surface area contributed by atoms with Gasteiger partial charge in [0.25, 0.3) is 5.69 Å². The highest BCUT2D eigenvalue weighted by molar-refractivity contribution is 5.91. The summed E-state index contributed by atoms with van der Waals surface area (Å²) in [6.45, 7) is 0. The van der Waals surface area contributed by atoms with Crippen LogP contribution in [0.3, 0.4) is 0 Å². The van der Waals surface area contributed by atoms with Crippen molar-refractivity contribution in [3.05, 3.63) is 40.6 Å². The van der Waals surface area contributed by atoms with Gasteiger partial charge in [0.1, 0.15) is 0 Å². The van der Waals surface area contributed by atoms with E-state index in [0.717, 1.165) is 0 Å². The highest BCUT2D eigenvalue weighted by Crippen LogP contribution is 2.29. The van der Waals surface area contributed by atoms with Crippen LogP contribution in [0.2, 0.25) is 0 Å². The molecule has 0 radical (unpaired) electrons. The summed E-state index contributed by atoms with van der Waals surface area (Å²) < 4.78 is 0. The number of hydrogen-bond acceptors (Lipinski definition) is 5. The lowest BCUT2D eigenvalue weighted by atomic mass is 10.2. The molecule has 0 atom stereocenters. The first kappa shape index (κ1) is 9.35. The second-order valence-corrected chi connectivity index (χ2v) is 2.86. The Labute approximate surface area is 84.4 Å². The molecule has 1 aromatic heterocycles. The summed E-state index contributed by atoms with van der Waals surface area (Å²) in [5.74, 6) is 5.41. The fraction of sp³-hybridized carbons (Fsp3) is 0. The van der Waals surface area contributed by atoms with Crippen molar-refractivity contribution in [3.63, 3.8) is 0 Å². The van der Waals surface area contributed by atoms with Gasteiger partial charge in [-0.1, -0.05) is 6.07 Å². The van der Waals surface area contributed by atoms with Crippen molar-refractivity contribution in [2.75, 3.05) is 0 Å². The molecule has 0 aliphatic heterocycles. The molecule has 0 bridgehead atoms. The van der Waals surface area contributed by atoms with Crippen LogP contribution in [-0.4, -0.2) is 9.91 Å². The van der Waals surface area contributed by atoms with E-state index in [1.807, 2.05) is 0 Å². The first-order valence-electron chi connectivity index (χ1n) is 4.13. The normalized spacial score (nSPS) is 10.2. The molecule has 76 valence electrons. The number of nitrogens with two attached hydrogens (primary N) is 1. The average molecular weight is 205 g/mol. The maximum Gasteiger partial charge on any atom is 0.295 e. The van der Waals surface area contributed by atoms with Crippen LogP contribution in [0.5, 0.6) is 5.75 Å². The first-order valence-corrected chi connectivity index (χ1v) is 4.13. The van der Waals surface area contributed by atoms with Gasteiger partial charge in [-0.15, -0.1) is 0 Å². The van der Waals surface area contributed by atoms with Crippen LogP contribution in [-0.2, 0) is 0 Å². The zero-order valence-corrected chi connectivity index (χ0v) is 7.58. The summed E-state index contributed by atoms with van der Waals surface area (Å²) in [6.07, 6.45) is 1.41. The maximum absolute atomic E-state index is 10.7. The number of aromatic nitrogens is 1. The lowest BCUT2D eigenvalue weighted by Gasteiger charge is -2.02. The van der Waals surface area contributed by atoms with Gasteiger partial charge in [0.05, 0.1) is 10.3 Å². The molecule has 6 heteroatoms. The topological polar surface area (TPSA) is 91.3 Å². The van der Waals surface area contributed by atoms with Gasteiger partial charge in [-0.2, -0.15) is 5.90 Å². The van der Waals surface area contributed by atoms with E-state index < -0.39 is 4.92 Å². The number of hydrogen-bond donors (Lipinski definition) is 1. The third kappa shape index (κ3) is 1.46. The van der Waals surface area contributed by atoms with Crippen LogP contribution < -0.4 is 10.7 Å². The number of nitro benzene ring substituents is 1. The summed E-state index contributed by atoms with van der Waals surface area (Å²) in [6, 6.07) is 6.16. The SMILES string of the molecule is NOc1ccnc2c([N+](=O)[O-])cccc12. The standard InChI is InChI=1S/C9H7N3O3/c10-15-8-4-5-11-9-6(8)2-1-3-7(9)12(13)14/h1-5H,10H2. The molecule has 0 amide bonds. The quantitative estimate of drug-likeness (QED) is 0.590. The van der Waals surface area contributed by atoms with Crippen molar-refractivity contribution in [2.24, 2.45) is 5.90 Å². The summed E-state index contributed by atoms with van der Waals surface area (Å²) in [5, 5.41) is 11.2. The monoisotopic (exact) mass is 205 g/mol. The van der Waals surface area contributed by atoms with Crippen molar-refractivity contribution in [1.29, 1.82) is 0 Å². The molecular formula is C9H7N3O3.